The highest BCUT2D eigenvalue weighted by atomic mass is 32.2. The van der Waals surface area contributed by atoms with Crippen LogP contribution in [0.5, 0.6) is 0 Å². The van der Waals surface area contributed by atoms with Crippen molar-refractivity contribution in [3.05, 3.63) is 0 Å². The Morgan fingerprint density at radius 3 is 2.78 bits per heavy atom. The first kappa shape index (κ1) is 14.2. The van der Waals surface area contributed by atoms with E-state index in [0.29, 0.717) is 18.1 Å². The van der Waals surface area contributed by atoms with Crippen molar-refractivity contribution in [2.24, 2.45) is 0 Å². The van der Waals surface area contributed by atoms with Crippen molar-refractivity contribution >= 4 is 9.84 Å². The average Bonchev–Trinajstić information content (AvgIpc) is 2.55. The summed E-state index contributed by atoms with van der Waals surface area (Å²) in [6.45, 7) is 9.26. The third-order valence-corrected chi connectivity index (χ3v) is 5.74. The summed E-state index contributed by atoms with van der Waals surface area (Å²) in [5, 5.41) is 3.40. The van der Waals surface area contributed by atoms with Gasteiger partial charge in [0.25, 0.3) is 0 Å². The first-order chi connectivity index (χ1) is 8.57. The minimum Gasteiger partial charge on any atom is -0.315 e. The Kier molecular flexibility index (Phi) is 5.00. The van der Waals surface area contributed by atoms with Crippen LogP contribution in [0.1, 0.15) is 13.3 Å². The van der Waals surface area contributed by atoms with Gasteiger partial charge in [-0.3, -0.25) is 4.90 Å². The summed E-state index contributed by atoms with van der Waals surface area (Å²) < 4.78 is 23.0. The fourth-order valence-corrected chi connectivity index (χ4v) is 4.39. The molecule has 0 aromatic heterocycles. The number of nitrogens with one attached hydrogen (secondary N) is 1. The Hall–Kier alpha value is -0.170. The van der Waals surface area contributed by atoms with Gasteiger partial charge in [-0.2, -0.15) is 0 Å². The first-order valence-electron chi connectivity index (χ1n) is 6.94. The molecule has 0 aromatic carbocycles. The molecular weight excluding hydrogens is 250 g/mol. The number of hydrogen-bond donors (Lipinski definition) is 1. The first-order valence-corrected chi connectivity index (χ1v) is 8.76. The monoisotopic (exact) mass is 275 g/mol. The number of hydrogen-bond acceptors (Lipinski definition) is 5. The molecule has 2 aliphatic heterocycles. The Bertz CT molecular complexity index is 350. The maximum Gasteiger partial charge on any atom is 0.153 e. The number of nitrogens with zero attached hydrogens (tertiary/aromatic N) is 2. The maximum absolute atomic E-state index is 11.5. The molecule has 1 N–H and O–H groups in total. The van der Waals surface area contributed by atoms with Crippen molar-refractivity contribution in [2.75, 3.05) is 57.3 Å². The molecule has 2 saturated heterocycles. The summed E-state index contributed by atoms with van der Waals surface area (Å²) in [6, 6.07) is 0.175. The minimum absolute atomic E-state index is 0.175. The van der Waals surface area contributed by atoms with Gasteiger partial charge >= 0.3 is 0 Å². The summed E-state index contributed by atoms with van der Waals surface area (Å²) >= 11 is 0. The van der Waals surface area contributed by atoms with E-state index in [9.17, 15) is 8.42 Å². The molecule has 0 aliphatic carbocycles. The van der Waals surface area contributed by atoms with Gasteiger partial charge in [-0.05, 0) is 26.4 Å². The van der Waals surface area contributed by atoms with E-state index in [4.69, 9.17) is 0 Å². The second-order valence-electron chi connectivity index (χ2n) is 5.44. The zero-order valence-corrected chi connectivity index (χ0v) is 12.1. The highest BCUT2D eigenvalue weighted by Gasteiger charge is 2.27. The van der Waals surface area contributed by atoms with Crippen LogP contribution in [0.15, 0.2) is 0 Å². The molecule has 106 valence electrons. The summed E-state index contributed by atoms with van der Waals surface area (Å²) in [6.07, 6.45) is 1.21. The molecule has 0 saturated carbocycles. The molecule has 18 heavy (non-hydrogen) atoms. The lowest BCUT2D eigenvalue weighted by Gasteiger charge is -2.34. The zero-order chi connectivity index (χ0) is 13.0. The zero-order valence-electron chi connectivity index (χ0n) is 11.3. The smallest absolute Gasteiger partial charge is 0.153 e. The van der Waals surface area contributed by atoms with Crippen LogP contribution < -0.4 is 5.32 Å². The summed E-state index contributed by atoms with van der Waals surface area (Å²) in [7, 11) is -2.78. The average molecular weight is 275 g/mol. The summed E-state index contributed by atoms with van der Waals surface area (Å²) in [4.78, 5) is 4.80. The van der Waals surface area contributed by atoms with Crippen molar-refractivity contribution in [1.29, 1.82) is 0 Å². The van der Waals surface area contributed by atoms with Crippen LogP contribution in [0.4, 0.5) is 0 Å². The number of rotatable bonds is 3. The second-order valence-corrected chi connectivity index (χ2v) is 7.67. The van der Waals surface area contributed by atoms with E-state index in [2.05, 4.69) is 15.1 Å². The van der Waals surface area contributed by atoms with Crippen molar-refractivity contribution in [1.82, 2.24) is 15.1 Å². The molecule has 6 heteroatoms. The van der Waals surface area contributed by atoms with Crippen LogP contribution >= 0.6 is 0 Å². The molecule has 0 aromatic rings. The third kappa shape index (κ3) is 4.19. The van der Waals surface area contributed by atoms with Crippen molar-refractivity contribution < 1.29 is 8.42 Å². The van der Waals surface area contributed by atoms with Gasteiger partial charge in [0.2, 0.25) is 0 Å². The largest absolute Gasteiger partial charge is 0.315 e. The van der Waals surface area contributed by atoms with E-state index in [1.54, 1.807) is 0 Å². The van der Waals surface area contributed by atoms with Gasteiger partial charge in [0.05, 0.1) is 11.5 Å². The van der Waals surface area contributed by atoms with Crippen LogP contribution in [0.25, 0.3) is 0 Å². The van der Waals surface area contributed by atoms with Crippen LogP contribution in [0, 0.1) is 0 Å². The standard InChI is InChI=1S/C12H25N3O2S/c1-12-11-18(16,17)10-9-15(12)8-7-14-5-2-3-13-4-6-14/h12-13H,2-11H2,1H3. The topological polar surface area (TPSA) is 52.7 Å². The normalized spacial score (nSPS) is 31.1. The molecule has 1 atom stereocenters. The van der Waals surface area contributed by atoms with Gasteiger partial charge in [-0.1, -0.05) is 0 Å². The van der Waals surface area contributed by atoms with E-state index in [0.717, 1.165) is 39.3 Å². The van der Waals surface area contributed by atoms with Gasteiger partial charge in [-0.15, -0.1) is 0 Å². The number of sulfone groups is 1. The lowest BCUT2D eigenvalue weighted by atomic mass is 10.3. The van der Waals surface area contributed by atoms with Crippen LogP contribution in [0.3, 0.4) is 0 Å². The highest BCUT2D eigenvalue weighted by molar-refractivity contribution is 7.91. The maximum atomic E-state index is 11.5. The molecule has 2 fully saturated rings. The lowest BCUT2D eigenvalue weighted by Crippen LogP contribution is -2.49. The van der Waals surface area contributed by atoms with E-state index in [1.165, 1.54) is 6.42 Å². The molecule has 2 heterocycles. The third-order valence-electron chi connectivity index (χ3n) is 3.94. The van der Waals surface area contributed by atoms with Gasteiger partial charge in [0.1, 0.15) is 0 Å². The molecule has 0 spiro atoms. The lowest BCUT2D eigenvalue weighted by molar-refractivity contribution is 0.183. The fraction of sp³-hybridized carbons (Fsp3) is 1.00. The van der Waals surface area contributed by atoms with Crippen LogP contribution in [-0.4, -0.2) is 81.6 Å². The molecule has 2 rings (SSSR count). The van der Waals surface area contributed by atoms with E-state index in [-0.39, 0.29) is 6.04 Å². The Labute approximate surface area is 110 Å². The van der Waals surface area contributed by atoms with Crippen molar-refractivity contribution in [3.8, 4) is 0 Å². The Morgan fingerprint density at radius 1 is 1.17 bits per heavy atom. The molecule has 0 amide bonds. The van der Waals surface area contributed by atoms with E-state index >= 15 is 0 Å². The predicted molar refractivity (Wildman–Crippen MR) is 73.6 cm³/mol. The van der Waals surface area contributed by atoms with Crippen LogP contribution in [-0.2, 0) is 9.84 Å². The second kappa shape index (κ2) is 6.32. The SMILES string of the molecule is CC1CS(=O)(=O)CCN1CCN1CCCNCC1. The predicted octanol–water partition coefficient (Wildman–Crippen LogP) is -0.599. The molecule has 0 bridgehead atoms. The minimum atomic E-state index is -2.78. The van der Waals surface area contributed by atoms with Gasteiger partial charge < -0.3 is 10.2 Å². The van der Waals surface area contributed by atoms with Crippen LogP contribution in [0.2, 0.25) is 0 Å². The Balaban J connectivity index is 1.76. The fourth-order valence-electron chi connectivity index (χ4n) is 2.76. The van der Waals surface area contributed by atoms with Crippen molar-refractivity contribution in [2.45, 2.75) is 19.4 Å². The molecule has 0 radical (unpaired) electrons. The van der Waals surface area contributed by atoms with E-state index < -0.39 is 9.84 Å². The quantitative estimate of drug-likeness (QED) is 0.745. The van der Waals surface area contributed by atoms with Gasteiger partial charge in [0, 0.05) is 38.8 Å². The summed E-state index contributed by atoms with van der Waals surface area (Å²) in [5.41, 5.74) is 0. The highest BCUT2D eigenvalue weighted by Crippen LogP contribution is 2.11. The molecule has 2 aliphatic rings. The molecule has 1 unspecified atom stereocenters. The van der Waals surface area contributed by atoms with Crippen molar-refractivity contribution in [3.63, 3.8) is 0 Å². The summed E-state index contributed by atoms with van der Waals surface area (Å²) in [5.74, 6) is 0.660. The van der Waals surface area contributed by atoms with Gasteiger partial charge in [-0.25, -0.2) is 8.42 Å². The molecule has 5 nitrogen and oxygen atoms in total. The Morgan fingerprint density at radius 2 is 2.00 bits per heavy atom. The van der Waals surface area contributed by atoms with E-state index in [1.807, 2.05) is 6.92 Å². The van der Waals surface area contributed by atoms with Gasteiger partial charge in [0.15, 0.2) is 9.84 Å². The molecular formula is C12H25N3O2S.